The number of carbonyl (C=O) groups is 1. The van der Waals surface area contributed by atoms with Crippen molar-refractivity contribution in [1.82, 2.24) is 9.88 Å². The first-order chi connectivity index (χ1) is 11.8. The Balaban J connectivity index is 1.93. The Morgan fingerprint density at radius 1 is 1.28 bits per heavy atom. The van der Waals surface area contributed by atoms with Gasteiger partial charge in [-0.2, -0.15) is 0 Å². The lowest BCUT2D eigenvalue weighted by Gasteiger charge is -2.37. The molecule has 1 aliphatic rings. The summed E-state index contributed by atoms with van der Waals surface area (Å²) in [6.45, 7) is 11.0. The van der Waals surface area contributed by atoms with E-state index in [2.05, 4.69) is 43.2 Å². The van der Waals surface area contributed by atoms with E-state index < -0.39 is 5.60 Å². The number of rotatable bonds is 2. The van der Waals surface area contributed by atoms with E-state index in [0.717, 1.165) is 31.3 Å². The second-order valence-corrected chi connectivity index (χ2v) is 8.39. The lowest BCUT2D eigenvalue weighted by Crippen LogP contribution is -2.41. The number of hydrogen-bond donors (Lipinski definition) is 1. The predicted octanol–water partition coefficient (Wildman–Crippen LogP) is 5.75. The summed E-state index contributed by atoms with van der Waals surface area (Å²) in [7, 11) is 0. The van der Waals surface area contributed by atoms with Crippen molar-refractivity contribution in [3.05, 3.63) is 35.5 Å². The molecule has 4 nitrogen and oxygen atoms in total. The number of piperidine rings is 1. The first-order valence-corrected chi connectivity index (χ1v) is 9.37. The Labute approximate surface area is 150 Å². The van der Waals surface area contributed by atoms with Crippen molar-refractivity contribution in [2.75, 3.05) is 6.54 Å². The molecule has 0 aliphatic carbocycles. The summed E-state index contributed by atoms with van der Waals surface area (Å²) in [5.41, 5.74) is 3.23. The molecule has 1 N–H and O–H groups in total. The second kappa shape index (κ2) is 6.74. The van der Waals surface area contributed by atoms with E-state index in [1.807, 2.05) is 25.7 Å². The number of amides is 1. The van der Waals surface area contributed by atoms with E-state index in [4.69, 9.17) is 4.74 Å². The van der Waals surface area contributed by atoms with Gasteiger partial charge in [0.05, 0.1) is 6.04 Å². The Kier molecular flexibility index (Phi) is 4.81. The van der Waals surface area contributed by atoms with Gasteiger partial charge in [0.25, 0.3) is 0 Å². The average molecular weight is 342 g/mol. The number of aromatic nitrogens is 1. The molecule has 1 fully saturated rings. The second-order valence-electron chi connectivity index (χ2n) is 8.39. The van der Waals surface area contributed by atoms with E-state index >= 15 is 0 Å². The molecule has 2 aromatic rings. The molecule has 0 radical (unpaired) electrons. The van der Waals surface area contributed by atoms with Gasteiger partial charge in [0.1, 0.15) is 5.60 Å². The Morgan fingerprint density at radius 2 is 2.04 bits per heavy atom. The largest absolute Gasteiger partial charge is 0.444 e. The van der Waals surface area contributed by atoms with Crippen LogP contribution in [0, 0.1) is 0 Å². The molecule has 2 heterocycles. The highest BCUT2D eigenvalue weighted by Gasteiger charge is 2.31. The lowest BCUT2D eigenvalue weighted by atomic mass is 9.93. The standard InChI is InChI=1S/C21H30N2O2/c1-14(2)17-13-22-18-10-9-15(12-16(17)18)19-8-6-7-11-23(19)20(24)25-21(3,4)5/h9-10,12-14,19,22H,6-8,11H2,1-5H3. The molecule has 4 heteroatoms. The normalized spacial score (nSPS) is 18.8. The highest BCUT2D eigenvalue weighted by molar-refractivity contribution is 5.84. The fourth-order valence-corrected chi connectivity index (χ4v) is 3.66. The van der Waals surface area contributed by atoms with E-state index in [1.165, 1.54) is 16.5 Å². The number of fused-ring (bicyclic) bond motifs is 1. The topological polar surface area (TPSA) is 45.3 Å². The maximum Gasteiger partial charge on any atom is 0.410 e. The van der Waals surface area contributed by atoms with Crippen LogP contribution in [0.4, 0.5) is 4.79 Å². The van der Waals surface area contributed by atoms with Crippen molar-refractivity contribution in [2.45, 2.75) is 71.4 Å². The highest BCUT2D eigenvalue weighted by Crippen LogP contribution is 2.35. The fourth-order valence-electron chi connectivity index (χ4n) is 3.66. The molecule has 1 saturated heterocycles. The third kappa shape index (κ3) is 3.83. The van der Waals surface area contributed by atoms with Crippen molar-refractivity contribution in [3.8, 4) is 0 Å². The minimum Gasteiger partial charge on any atom is -0.444 e. The maximum atomic E-state index is 12.7. The van der Waals surface area contributed by atoms with E-state index in [1.54, 1.807) is 0 Å². The van der Waals surface area contributed by atoms with E-state index in [9.17, 15) is 4.79 Å². The zero-order valence-electron chi connectivity index (χ0n) is 16.1. The molecule has 1 aliphatic heterocycles. The minimum absolute atomic E-state index is 0.0999. The van der Waals surface area contributed by atoms with Crippen LogP contribution in [0.25, 0.3) is 10.9 Å². The molecular weight excluding hydrogens is 312 g/mol. The van der Waals surface area contributed by atoms with Gasteiger partial charge in [-0.15, -0.1) is 0 Å². The molecule has 1 aromatic carbocycles. The number of nitrogens with one attached hydrogen (secondary N) is 1. The Hall–Kier alpha value is -1.97. The van der Waals surface area contributed by atoms with Crippen molar-refractivity contribution >= 4 is 17.0 Å². The van der Waals surface area contributed by atoms with Crippen LogP contribution in [0.1, 0.15) is 77.0 Å². The summed E-state index contributed by atoms with van der Waals surface area (Å²) in [6.07, 6.45) is 5.08. The maximum absolute atomic E-state index is 12.7. The van der Waals surface area contributed by atoms with Crippen molar-refractivity contribution in [2.24, 2.45) is 0 Å². The van der Waals surface area contributed by atoms with Crippen LogP contribution in [-0.4, -0.2) is 28.1 Å². The Bertz CT molecular complexity index is 755. The van der Waals surface area contributed by atoms with Gasteiger partial charge >= 0.3 is 6.09 Å². The quantitative estimate of drug-likeness (QED) is 0.755. The van der Waals surface area contributed by atoms with Crippen LogP contribution in [0.5, 0.6) is 0 Å². The third-order valence-corrected chi connectivity index (χ3v) is 4.88. The van der Waals surface area contributed by atoms with Gasteiger partial charge < -0.3 is 14.6 Å². The monoisotopic (exact) mass is 342 g/mol. The molecule has 25 heavy (non-hydrogen) atoms. The summed E-state index contributed by atoms with van der Waals surface area (Å²) < 4.78 is 5.64. The number of benzene rings is 1. The zero-order chi connectivity index (χ0) is 18.2. The van der Waals surface area contributed by atoms with Crippen LogP contribution < -0.4 is 0 Å². The van der Waals surface area contributed by atoms with Crippen LogP contribution in [0.15, 0.2) is 24.4 Å². The van der Waals surface area contributed by atoms with Crippen molar-refractivity contribution < 1.29 is 9.53 Å². The molecule has 0 spiro atoms. The predicted molar refractivity (Wildman–Crippen MR) is 102 cm³/mol. The van der Waals surface area contributed by atoms with Gasteiger partial charge in [-0.25, -0.2) is 4.79 Å². The zero-order valence-corrected chi connectivity index (χ0v) is 16.1. The number of H-pyrrole nitrogens is 1. The molecule has 0 bridgehead atoms. The third-order valence-electron chi connectivity index (χ3n) is 4.88. The van der Waals surface area contributed by atoms with E-state index in [-0.39, 0.29) is 12.1 Å². The molecular formula is C21H30N2O2. The van der Waals surface area contributed by atoms with Crippen LogP contribution in [0.3, 0.4) is 0 Å². The first-order valence-electron chi connectivity index (χ1n) is 9.37. The number of likely N-dealkylation sites (tertiary alicyclic amines) is 1. The molecule has 1 atom stereocenters. The average Bonchev–Trinajstić information content (AvgIpc) is 2.96. The molecule has 1 aromatic heterocycles. The van der Waals surface area contributed by atoms with Crippen molar-refractivity contribution in [1.29, 1.82) is 0 Å². The first kappa shape index (κ1) is 17.8. The highest BCUT2D eigenvalue weighted by atomic mass is 16.6. The summed E-state index contributed by atoms with van der Waals surface area (Å²) >= 11 is 0. The smallest absolute Gasteiger partial charge is 0.410 e. The van der Waals surface area contributed by atoms with Gasteiger partial charge in [0, 0.05) is 23.6 Å². The lowest BCUT2D eigenvalue weighted by molar-refractivity contribution is 0.00953. The fraction of sp³-hybridized carbons (Fsp3) is 0.571. The Morgan fingerprint density at radius 3 is 2.72 bits per heavy atom. The van der Waals surface area contributed by atoms with Crippen molar-refractivity contribution in [3.63, 3.8) is 0 Å². The van der Waals surface area contributed by atoms with Crippen LogP contribution in [-0.2, 0) is 4.74 Å². The summed E-state index contributed by atoms with van der Waals surface area (Å²) in [6, 6.07) is 6.64. The van der Waals surface area contributed by atoms with Gasteiger partial charge in [-0.05, 0) is 69.2 Å². The van der Waals surface area contributed by atoms with Gasteiger partial charge in [0.15, 0.2) is 0 Å². The SMILES string of the molecule is CC(C)c1c[nH]c2ccc(C3CCCCN3C(=O)OC(C)(C)C)cc12. The summed E-state index contributed by atoms with van der Waals surface area (Å²) in [5.74, 6) is 0.470. The number of ether oxygens (including phenoxy) is 1. The number of carbonyl (C=O) groups excluding carboxylic acids is 1. The van der Waals surface area contributed by atoms with Gasteiger partial charge in [-0.3, -0.25) is 0 Å². The summed E-state index contributed by atoms with van der Waals surface area (Å²) in [4.78, 5) is 18.0. The van der Waals surface area contributed by atoms with Gasteiger partial charge in [-0.1, -0.05) is 19.9 Å². The summed E-state index contributed by atoms with van der Waals surface area (Å²) in [5, 5.41) is 1.27. The number of aromatic amines is 1. The minimum atomic E-state index is -0.464. The molecule has 1 unspecified atom stereocenters. The number of nitrogens with zero attached hydrogens (tertiary/aromatic N) is 1. The molecule has 0 saturated carbocycles. The van der Waals surface area contributed by atoms with Gasteiger partial charge in [0.2, 0.25) is 0 Å². The number of hydrogen-bond acceptors (Lipinski definition) is 2. The van der Waals surface area contributed by atoms with Crippen LogP contribution in [0.2, 0.25) is 0 Å². The molecule has 3 rings (SSSR count). The molecule has 1 amide bonds. The van der Waals surface area contributed by atoms with Crippen LogP contribution >= 0.6 is 0 Å². The molecule has 136 valence electrons. The van der Waals surface area contributed by atoms with E-state index in [0.29, 0.717) is 5.92 Å².